The average Bonchev–Trinajstić information content (AvgIpc) is 2.74. The summed E-state index contributed by atoms with van der Waals surface area (Å²) in [5.74, 6) is 0.0372. The van der Waals surface area contributed by atoms with Crippen molar-refractivity contribution in [2.45, 2.75) is 13.8 Å². The Morgan fingerprint density at radius 1 is 1.12 bits per heavy atom. The van der Waals surface area contributed by atoms with E-state index in [2.05, 4.69) is 4.98 Å². The Hall–Kier alpha value is -2.16. The highest BCUT2D eigenvalue weighted by molar-refractivity contribution is 6.18. The zero-order valence-electron chi connectivity index (χ0n) is 9.90. The van der Waals surface area contributed by atoms with Crippen molar-refractivity contribution in [1.29, 1.82) is 0 Å². The van der Waals surface area contributed by atoms with Crippen molar-refractivity contribution >= 4 is 28.4 Å². The van der Waals surface area contributed by atoms with E-state index in [1.807, 2.05) is 19.9 Å². The highest BCUT2D eigenvalue weighted by Gasteiger charge is 2.17. The Kier molecular flexibility index (Phi) is 2.91. The van der Waals surface area contributed by atoms with Crippen LogP contribution < -0.4 is 5.73 Å². The standard InChI is InChI=1S/C12H8N2O.C2H6/c13-9-5-6-14-10-3-1-7-8(12(9)10)2-4-11(7)15;1-2/h1-6H,(H2,13,14);1-2H3. The summed E-state index contributed by atoms with van der Waals surface area (Å²) in [5, 5.41) is 0.872. The number of hydrogen-bond donors (Lipinski definition) is 1. The summed E-state index contributed by atoms with van der Waals surface area (Å²) < 4.78 is 0. The summed E-state index contributed by atoms with van der Waals surface area (Å²) in [5.41, 5.74) is 8.98. The van der Waals surface area contributed by atoms with Crippen molar-refractivity contribution in [1.82, 2.24) is 4.98 Å². The summed E-state index contributed by atoms with van der Waals surface area (Å²) in [7, 11) is 0. The van der Waals surface area contributed by atoms with Crippen molar-refractivity contribution in [2.24, 2.45) is 0 Å². The number of rotatable bonds is 0. The number of nitrogens with zero attached hydrogens (tertiary/aromatic N) is 1. The fraction of sp³-hybridized carbons (Fsp3) is 0.143. The number of anilines is 1. The first-order valence-electron chi connectivity index (χ1n) is 5.67. The lowest BCUT2D eigenvalue weighted by atomic mass is 10.0. The molecule has 17 heavy (non-hydrogen) atoms. The molecule has 0 bridgehead atoms. The van der Waals surface area contributed by atoms with Gasteiger partial charge in [-0.25, -0.2) is 0 Å². The van der Waals surface area contributed by atoms with Crippen LogP contribution in [0.4, 0.5) is 5.69 Å². The van der Waals surface area contributed by atoms with E-state index in [4.69, 9.17) is 5.73 Å². The highest BCUT2D eigenvalue weighted by atomic mass is 16.1. The number of hydrogen-bond acceptors (Lipinski definition) is 3. The monoisotopic (exact) mass is 226 g/mol. The predicted octanol–water partition coefficient (Wildman–Crippen LogP) is 3.05. The van der Waals surface area contributed by atoms with Crippen molar-refractivity contribution in [3.05, 3.63) is 41.6 Å². The van der Waals surface area contributed by atoms with E-state index >= 15 is 0 Å². The Labute approximate surface area is 100.0 Å². The summed E-state index contributed by atoms with van der Waals surface area (Å²) >= 11 is 0. The quantitative estimate of drug-likeness (QED) is 0.751. The second kappa shape index (κ2) is 4.37. The van der Waals surface area contributed by atoms with E-state index < -0.39 is 0 Å². The van der Waals surface area contributed by atoms with E-state index in [-0.39, 0.29) is 5.78 Å². The van der Waals surface area contributed by atoms with Gasteiger partial charge in [-0.15, -0.1) is 0 Å². The van der Waals surface area contributed by atoms with E-state index in [1.165, 1.54) is 0 Å². The van der Waals surface area contributed by atoms with Gasteiger partial charge in [0.2, 0.25) is 0 Å². The lowest BCUT2D eigenvalue weighted by Gasteiger charge is -2.05. The normalized spacial score (nSPS) is 12.2. The third kappa shape index (κ3) is 1.69. The van der Waals surface area contributed by atoms with Crippen LogP contribution in [0, 0.1) is 0 Å². The number of aromatic nitrogens is 1. The van der Waals surface area contributed by atoms with Gasteiger partial charge in [-0.1, -0.05) is 13.8 Å². The summed E-state index contributed by atoms with van der Waals surface area (Å²) in [6.45, 7) is 4.00. The smallest absolute Gasteiger partial charge is 0.186 e. The molecule has 1 aromatic carbocycles. The minimum atomic E-state index is 0.0372. The third-order valence-corrected chi connectivity index (χ3v) is 2.65. The highest BCUT2D eigenvalue weighted by Crippen LogP contribution is 2.30. The van der Waals surface area contributed by atoms with Crippen molar-refractivity contribution in [3.63, 3.8) is 0 Å². The molecule has 86 valence electrons. The van der Waals surface area contributed by atoms with Gasteiger partial charge in [0.25, 0.3) is 0 Å². The summed E-state index contributed by atoms with van der Waals surface area (Å²) in [4.78, 5) is 15.7. The van der Waals surface area contributed by atoms with Gasteiger partial charge in [0.15, 0.2) is 5.78 Å². The molecule has 0 amide bonds. The summed E-state index contributed by atoms with van der Waals surface area (Å²) in [6, 6.07) is 5.38. The van der Waals surface area contributed by atoms with Crippen molar-refractivity contribution in [2.75, 3.05) is 5.73 Å². The Morgan fingerprint density at radius 3 is 2.65 bits per heavy atom. The van der Waals surface area contributed by atoms with Gasteiger partial charge in [0.1, 0.15) is 0 Å². The second-order valence-corrected chi connectivity index (χ2v) is 3.52. The Bertz CT molecular complexity index is 615. The minimum Gasteiger partial charge on any atom is -0.398 e. The molecule has 0 radical (unpaired) electrons. The van der Waals surface area contributed by atoms with Crippen molar-refractivity contribution in [3.8, 4) is 0 Å². The Balaban J connectivity index is 0.000000514. The molecule has 1 heterocycles. The number of nitrogen functional groups attached to an aromatic ring is 1. The maximum absolute atomic E-state index is 11.5. The van der Waals surface area contributed by atoms with E-state index in [9.17, 15) is 4.79 Å². The van der Waals surface area contributed by atoms with Crippen LogP contribution >= 0.6 is 0 Å². The number of ketones is 1. The first-order chi connectivity index (χ1) is 8.27. The Morgan fingerprint density at radius 2 is 1.88 bits per heavy atom. The van der Waals surface area contributed by atoms with E-state index in [0.29, 0.717) is 11.3 Å². The van der Waals surface area contributed by atoms with Crippen LogP contribution in [-0.2, 0) is 0 Å². The fourth-order valence-corrected chi connectivity index (χ4v) is 1.94. The van der Waals surface area contributed by atoms with Gasteiger partial charge in [0, 0.05) is 22.8 Å². The zero-order valence-corrected chi connectivity index (χ0v) is 9.90. The molecule has 0 spiro atoms. The third-order valence-electron chi connectivity index (χ3n) is 2.65. The molecule has 3 nitrogen and oxygen atoms in total. The molecule has 3 rings (SSSR count). The van der Waals surface area contributed by atoms with Crippen LogP contribution in [0.15, 0.2) is 30.5 Å². The van der Waals surface area contributed by atoms with Gasteiger partial charge in [-0.3, -0.25) is 9.78 Å². The molecule has 0 saturated heterocycles. The van der Waals surface area contributed by atoms with Crippen LogP contribution in [0.2, 0.25) is 0 Å². The van der Waals surface area contributed by atoms with Crippen LogP contribution in [-0.4, -0.2) is 10.8 Å². The van der Waals surface area contributed by atoms with Gasteiger partial charge in [0.05, 0.1) is 5.52 Å². The lowest BCUT2D eigenvalue weighted by molar-refractivity contribution is 0.105. The number of nitrogens with two attached hydrogens (primary N) is 1. The summed E-state index contributed by atoms with van der Waals surface area (Å²) in [6.07, 6.45) is 5.04. The van der Waals surface area contributed by atoms with Gasteiger partial charge in [-0.05, 0) is 35.9 Å². The molecule has 3 heteroatoms. The molecule has 0 atom stereocenters. The molecule has 0 unspecified atom stereocenters. The molecule has 1 aliphatic carbocycles. The predicted molar refractivity (Wildman–Crippen MR) is 70.9 cm³/mol. The van der Waals surface area contributed by atoms with Crippen LogP contribution in [0.5, 0.6) is 0 Å². The first-order valence-corrected chi connectivity index (χ1v) is 5.67. The molecule has 1 aromatic heterocycles. The van der Waals surface area contributed by atoms with E-state index in [1.54, 1.807) is 30.5 Å². The maximum atomic E-state index is 11.5. The largest absolute Gasteiger partial charge is 0.398 e. The van der Waals surface area contributed by atoms with Crippen LogP contribution in [0.3, 0.4) is 0 Å². The average molecular weight is 226 g/mol. The zero-order chi connectivity index (χ0) is 12.4. The number of allylic oxidation sites excluding steroid dienone is 1. The lowest BCUT2D eigenvalue weighted by Crippen LogP contribution is -1.95. The van der Waals surface area contributed by atoms with Gasteiger partial charge >= 0.3 is 0 Å². The number of carbonyl (C=O) groups is 1. The number of fused-ring (bicyclic) bond motifs is 3. The molecule has 0 fully saturated rings. The van der Waals surface area contributed by atoms with Gasteiger partial charge < -0.3 is 5.73 Å². The number of carbonyl (C=O) groups excluding carboxylic acids is 1. The SMILES string of the molecule is CC.Nc1ccnc2ccc3c(c12)C=CC3=O. The number of benzene rings is 1. The number of pyridine rings is 1. The van der Waals surface area contributed by atoms with Crippen LogP contribution in [0.1, 0.15) is 29.8 Å². The fourth-order valence-electron chi connectivity index (χ4n) is 1.94. The first kappa shape index (κ1) is 11.3. The van der Waals surface area contributed by atoms with Gasteiger partial charge in [-0.2, -0.15) is 0 Å². The van der Waals surface area contributed by atoms with Crippen molar-refractivity contribution < 1.29 is 4.79 Å². The molecule has 2 N–H and O–H groups in total. The molecule has 2 aromatic rings. The molecular formula is C14H14N2O. The molecule has 0 aliphatic heterocycles. The minimum absolute atomic E-state index is 0.0372. The molecule has 1 aliphatic rings. The maximum Gasteiger partial charge on any atom is 0.186 e. The van der Waals surface area contributed by atoms with E-state index in [0.717, 1.165) is 16.5 Å². The topological polar surface area (TPSA) is 56.0 Å². The molecule has 0 saturated carbocycles. The van der Waals surface area contributed by atoms with Crippen LogP contribution in [0.25, 0.3) is 17.0 Å². The molecular weight excluding hydrogens is 212 g/mol. The second-order valence-electron chi connectivity index (χ2n) is 3.52.